The Morgan fingerprint density at radius 2 is 1.74 bits per heavy atom. The van der Waals surface area contributed by atoms with E-state index in [0.29, 0.717) is 12.1 Å². The lowest BCUT2D eigenvalue weighted by molar-refractivity contribution is -0.159. The molecule has 23 heavy (non-hydrogen) atoms. The van der Waals surface area contributed by atoms with Crippen LogP contribution in [-0.4, -0.2) is 97.9 Å². The van der Waals surface area contributed by atoms with Gasteiger partial charge in [-0.2, -0.15) is 0 Å². The van der Waals surface area contributed by atoms with E-state index in [9.17, 15) is 4.79 Å². The number of ether oxygens (including phenoxy) is 2. The topological polar surface area (TPSA) is 45.2 Å². The van der Waals surface area contributed by atoms with Crippen molar-refractivity contribution in [3.05, 3.63) is 0 Å². The van der Waals surface area contributed by atoms with E-state index in [-0.39, 0.29) is 24.7 Å². The first-order chi connectivity index (χ1) is 11.2. The molecule has 0 aromatic carbocycles. The second kappa shape index (κ2) is 6.67. The Morgan fingerprint density at radius 1 is 1.00 bits per heavy atom. The number of amides is 1. The minimum atomic E-state index is 0.184. The molecule has 0 saturated carbocycles. The molecule has 4 rings (SSSR count). The van der Waals surface area contributed by atoms with Gasteiger partial charge in [-0.25, -0.2) is 0 Å². The van der Waals surface area contributed by atoms with Crippen molar-refractivity contribution < 1.29 is 14.3 Å². The summed E-state index contributed by atoms with van der Waals surface area (Å²) in [7, 11) is 2.20. The molecule has 2 atom stereocenters. The maximum absolute atomic E-state index is 12.5. The lowest BCUT2D eigenvalue weighted by atomic mass is 10.0. The first kappa shape index (κ1) is 15.8. The molecule has 0 radical (unpaired) electrons. The highest BCUT2D eigenvalue weighted by Gasteiger charge is 2.47. The lowest BCUT2D eigenvalue weighted by Gasteiger charge is -2.43. The molecule has 4 fully saturated rings. The third-order valence-corrected chi connectivity index (χ3v) is 6.12. The molecule has 0 N–H and O–H groups in total. The Kier molecular flexibility index (Phi) is 4.58. The summed E-state index contributed by atoms with van der Waals surface area (Å²) in [5, 5.41) is 0. The third kappa shape index (κ3) is 3.14. The molecule has 4 aliphatic rings. The van der Waals surface area contributed by atoms with Gasteiger partial charge in [0.2, 0.25) is 5.91 Å². The van der Waals surface area contributed by atoms with Crippen LogP contribution in [0.4, 0.5) is 0 Å². The van der Waals surface area contributed by atoms with Crippen LogP contribution >= 0.6 is 0 Å². The minimum absolute atomic E-state index is 0.184. The molecule has 0 aromatic rings. The largest absolute Gasteiger partial charge is 0.381 e. The third-order valence-electron chi connectivity index (χ3n) is 6.12. The van der Waals surface area contributed by atoms with E-state index in [2.05, 4.69) is 21.7 Å². The fraction of sp³-hybridized carbons (Fsp3) is 0.941. The van der Waals surface area contributed by atoms with Gasteiger partial charge in [-0.05, 0) is 45.8 Å². The summed E-state index contributed by atoms with van der Waals surface area (Å²) in [6.45, 7) is 6.17. The zero-order valence-corrected chi connectivity index (χ0v) is 14.2. The first-order valence-corrected chi connectivity index (χ1v) is 9.15. The molecule has 6 nitrogen and oxygen atoms in total. The molecule has 130 valence electrons. The summed E-state index contributed by atoms with van der Waals surface area (Å²) in [6, 6.07) is 1.26. The van der Waals surface area contributed by atoms with Crippen molar-refractivity contribution in [1.29, 1.82) is 0 Å². The van der Waals surface area contributed by atoms with Gasteiger partial charge >= 0.3 is 0 Å². The number of likely N-dealkylation sites (tertiary alicyclic amines) is 2. The van der Waals surface area contributed by atoms with Crippen LogP contribution in [0.3, 0.4) is 0 Å². The standard InChI is InChI=1S/C17H29N3O3/c1-18-6-2-13(3-7-18)19-10-15-16(11-19)23-12-17(21)20(15)14-4-8-22-9-5-14/h13-16H,2-12H2,1H3/t15-,16-/m0/s1. The normalized spacial score (nSPS) is 35.7. The van der Waals surface area contributed by atoms with Crippen LogP contribution in [0.25, 0.3) is 0 Å². The molecule has 0 unspecified atom stereocenters. The second-order valence-corrected chi connectivity index (χ2v) is 7.55. The van der Waals surface area contributed by atoms with Gasteiger partial charge in [-0.1, -0.05) is 0 Å². The Bertz CT molecular complexity index is 433. The smallest absolute Gasteiger partial charge is 0.249 e. The zero-order valence-electron chi connectivity index (χ0n) is 14.2. The molecule has 4 saturated heterocycles. The maximum atomic E-state index is 12.5. The van der Waals surface area contributed by atoms with Gasteiger partial charge in [-0.15, -0.1) is 0 Å². The van der Waals surface area contributed by atoms with Crippen LogP contribution in [0.5, 0.6) is 0 Å². The SMILES string of the molecule is CN1CCC(N2C[C@@H]3OCC(=O)N(C4CCOCC4)[C@H]3C2)CC1. The number of piperidine rings is 1. The zero-order chi connectivity index (χ0) is 15.8. The predicted molar refractivity (Wildman–Crippen MR) is 86.3 cm³/mol. The Balaban J connectivity index is 1.44. The van der Waals surface area contributed by atoms with Crippen LogP contribution in [0, 0.1) is 0 Å². The first-order valence-electron chi connectivity index (χ1n) is 9.15. The fourth-order valence-electron chi connectivity index (χ4n) is 4.75. The van der Waals surface area contributed by atoms with Crippen molar-refractivity contribution in [2.75, 3.05) is 53.0 Å². The number of hydrogen-bond donors (Lipinski definition) is 0. The van der Waals surface area contributed by atoms with Gasteiger partial charge < -0.3 is 19.3 Å². The van der Waals surface area contributed by atoms with E-state index in [4.69, 9.17) is 9.47 Å². The second-order valence-electron chi connectivity index (χ2n) is 7.55. The highest BCUT2D eigenvalue weighted by molar-refractivity contribution is 5.79. The molecule has 1 amide bonds. The van der Waals surface area contributed by atoms with Crippen molar-refractivity contribution in [3.8, 4) is 0 Å². The van der Waals surface area contributed by atoms with Gasteiger partial charge in [0.25, 0.3) is 0 Å². The number of rotatable bonds is 2. The lowest BCUT2D eigenvalue weighted by Crippen LogP contribution is -2.59. The highest BCUT2D eigenvalue weighted by atomic mass is 16.5. The molecule has 6 heteroatoms. The number of hydrogen-bond acceptors (Lipinski definition) is 5. The molecule has 4 heterocycles. The quantitative estimate of drug-likeness (QED) is 0.725. The van der Waals surface area contributed by atoms with E-state index in [1.165, 1.54) is 25.9 Å². The fourth-order valence-corrected chi connectivity index (χ4v) is 4.75. The van der Waals surface area contributed by atoms with Crippen molar-refractivity contribution in [1.82, 2.24) is 14.7 Å². The monoisotopic (exact) mass is 323 g/mol. The molecular weight excluding hydrogens is 294 g/mol. The van der Waals surface area contributed by atoms with Crippen LogP contribution in [-0.2, 0) is 14.3 Å². The molecule has 0 aliphatic carbocycles. The van der Waals surface area contributed by atoms with Crippen LogP contribution < -0.4 is 0 Å². The van der Waals surface area contributed by atoms with E-state index in [1.807, 2.05) is 0 Å². The van der Waals surface area contributed by atoms with Crippen molar-refractivity contribution in [2.45, 2.75) is 49.9 Å². The molecule has 0 bridgehead atoms. The van der Waals surface area contributed by atoms with Gasteiger partial charge in [-0.3, -0.25) is 9.69 Å². The number of carbonyl (C=O) groups is 1. The van der Waals surface area contributed by atoms with E-state index in [0.717, 1.165) is 39.1 Å². The summed E-state index contributed by atoms with van der Waals surface area (Å²) in [4.78, 5) is 19.7. The number of morpholine rings is 1. The summed E-state index contributed by atoms with van der Waals surface area (Å²) < 4.78 is 11.4. The molecule has 0 spiro atoms. The Hall–Kier alpha value is -0.690. The maximum Gasteiger partial charge on any atom is 0.249 e. The van der Waals surface area contributed by atoms with Crippen LogP contribution in [0.15, 0.2) is 0 Å². The van der Waals surface area contributed by atoms with Gasteiger partial charge in [0.05, 0.1) is 12.1 Å². The number of carbonyl (C=O) groups excluding carboxylic acids is 1. The van der Waals surface area contributed by atoms with Crippen LogP contribution in [0.2, 0.25) is 0 Å². The van der Waals surface area contributed by atoms with Gasteiger partial charge in [0.1, 0.15) is 6.61 Å². The average Bonchev–Trinajstić information content (AvgIpc) is 3.00. The molecular formula is C17H29N3O3. The summed E-state index contributed by atoms with van der Waals surface area (Å²) in [5.74, 6) is 0.184. The van der Waals surface area contributed by atoms with E-state index < -0.39 is 0 Å². The predicted octanol–water partition coefficient (Wildman–Crippen LogP) is 0.171. The molecule has 0 aromatic heterocycles. The molecule has 4 aliphatic heterocycles. The summed E-state index contributed by atoms with van der Waals surface area (Å²) in [6.07, 6.45) is 4.63. The van der Waals surface area contributed by atoms with E-state index in [1.54, 1.807) is 0 Å². The number of fused-ring (bicyclic) bond motifs is 1. The van der Waals surface area contributed by atoms with Crippen molar-refractivity contribution >= 4 is 5.91 Å². The highest BCUT2D eigenvalue weighted by Crippen LogP contribution is 2.31. The van der Waals surface area contributed by atoms with Gasteiger partial charge in [0, 0.05) is 38.4 Å². The number of nitrogens with zero attached hydrogens (tertiary/aromatic N) is 3. The van der Waals surface area contributed by atoms with Gasteiger partial charge in [0.15, 0.2) is 0 Å². The summed E-state index contributed by atoms with van der Waals surface area (Å²) >= 11 is 0. The van der Waals surface area contributed by atoms with E-state index >= 15 is 0 Å². The Labute approximate surface area is 138 Å². The summed E-state index contributed by atoms with van der Waals surface area (Å²) in [5.41, 5.74) is 0. The minimum Gasteiger partial charge on any atom is -0.381 e. The average molecular weight is 323 g/mol. The van der Waals surface area contributed by atoms with Crippen molar-refractivity contribution in [3.63, 3.8) is 0 Å². The Morgan fingerprint density at radius 3 is 2.48 bits per heavy atom. The van der Waals surface area contributed by atoms with Crippen LogP contribution in [0.1, 0.15) is 25.7 Å². The van der Waals surface area contributed by atoms with Crippen molar-refractivity contribution in [2.24, 2.45) is 0 Å².